The molecule has 0 saturated carbocycles. The van der Waals surface area contributed by atoms with Crippen LogP contribution in [0.1, 0.15) is 30.9 Å². The molecule has 4 nitrogen and oxygen atoms in total. The first-order valence-electron chi connectivity index (χ1n) is 6.49. The molecule has 0 radical (unpaired) electrons. The Kier molecular flexibility index (Phi) is 3.38. The van der Waals surface area contributed by atoms with Gasteiger partial charge in [0, 0.05) is 19.4 Å². The zero-order valence-electron chi connectivity index (χ0n) is 10.0. The van der Waals surface area contributed by atoms with Crippen LogP contribution >= 0.6 is 11.8 Å². The first kappa shape index (κ1) is 11.5. The Labute approximate surface area is 106 Å². The van der Waals surface area contributed by atoms with Crippen LogP contribution in [-0.2, 0) is 19.4 Å². The summed E-state index contributed by atoms with van der Waals surface area (Å²) in [6, 6.07) is 0. The molecule has 2 atom stereocenters. The lowest BCUT2D eigenvalue weighted by molar-refractivity contribution is 0.141. The van der Waals surface area contributed by atoms with Gasteiger partial charge in [-0.25, -0.2) is 0 Å². The molecule has 0 aliphatic carbocycles. The highest BCUT2D eigenvalue weighted by Gasteiger charge is 2.23. The maximum Gasteiger partial charge on any atom is 0.135 e. The molecular weight excluding hydrogens is 234 g/mol. The van der Waals surface area contributed by atoms with E-state index >= 15 is 0 Å². The molecule has 3 rings (SSSR count). The lowest BCUT2D eigenvalue weighted by Crippen LogP contribution is -2.25. The van der Waals surface area contributed by atoms with Gasteiger partial charge in [-0.05, 0) is 36.7 Å². The summed E-state index contributed by atoms with van der Waals surface area (Å²) in [5, 5.41) is 18.1. The third kappa shape index (κ3) is 2.50. The fourth-order valence-corrected chi connectivity index (χ4v) is 3.91. The molecule has 17 heavy (non-hydrogen) atoms. The van der Waals surface area contributed by atoms with Gasteiger partial charge in [0.25, 0.3) is 0 Å². The van der Waals surface area contributed by atoms with Crippen LogP contribution in [0.15, 0.2) is 0 Å². The molecule has 1 aromatic rings. The van der Waals surface area contributed by atoms with Crippen LogP contribution in [0, 0.1) is 5.92 Å². The number of nitrogens with zero attached hydrogens (tertiary/aromatic N) is 3. The third-order valence-corrected chi connectivity index (χ3v) is 5.02. The highest BCUT2D eigenvalue weighted by Crippen LogP contribution is 2.26. The van der Waals surface area contributed by atoms with Gasteiger partial charge in [0.1, 0.15) is 11.6 Å². The van der Waals surface area contributed by atoms with Crippen LogP contribution < -0.4 is 0 Å². The Balaban J connectivity index is 1.71. The zero-order valence-corrected chi connectivity index (χ0v) is 10.8. The Morgan fingerprint density at radius 3 is 3.12 bits per heavy atom. The van der Waals surface area contributed by atoms with Crippen LogP contribution in [0.3, 0.4) is 0 Å². The maximum atomic E-state index is 9.60. The van der Waals surface area contributed by atoms with E-state index in [-0.39, 0.29) is 6.10 Å². The van der Waals surface area contributed by atoms with Crippen molar-refractivity contribution in [1.82, 2.24) is 14.8 Å². The summed E-state index contributed by atoms with van der Waals surface area (Å²) < 4.78 is 2.23. The first-order chi connectivity index (χ1) is 8.33. The second-order valence-corrected chi connectivity index (χ2v) is 6.27. The van der Waals surface area contributed by atoms with E-state index in [1.165, 1.54) is 24.3 Å². The van der Waals surface area contributed by atoms with Gasteiger partial charge in [-0.3, -0.25) is 0 Å². The van der Waals surface area contributed by atoms with Gasteiger partial charge >= 0.3 is 0 Å². The van der Waals surface area contributed by atoms with Crippen molar-refractivity contribution in [2.24, 2.45) is 5.92 Å². The quantitative estimate of drug-likeness (QED) is 0.862. The lowest BCUT2D eigenvalue weighted by atomic mass is 10.0. The van der Waals surface area contributed by atoms with Crippen LogP contribution in [0.5, 0.6) is 0 Å². The molecule has 1 aromatic heterocycles. The first-order valence-corrected chi connectivity index (χ1v) is 7.65. The minimum Gasteiger partial charge on any atom is -0.393 e. The maximum absolute atomic E-state index is 9.60. The van der Waals surface area contributed by atoms with Gasteiger partial charge in [-0.2, -0.15) is 11.8 Å². The summed E-state index contributed by atoms with van der Waals surface area (Å²) in [6.07, 6.45) is 5.04. The van der Waals surface area contributed by atoms with Crippen molar-refractivity contribution < 1.29 is 5.11 Å². The fourth-order valence-electron chi connectivity index (χ4n) is 2.75. The lowest BCUT2D eigenvalue weighted by Gasteiger charge is -2.23. The van der Waals surface area contributed by atoms with Gasteiger partial charge in [-0.15, -0.1) is 10.2 Å². The van der Waals surface area contributed by atoms with Crippen molar-refractivity contribution >= 4 is 11.8 Å². The summed E-state index contributed by atoms with van der Waals surface area (Å²) in [5.74, 6) is 5.47. The van der Waals surface area contributed by atoms with E-state index < -0.39 is 0 Å². The number of thioether (sulfide) groups is 1. The molecule has 3 heterocycles. The van der Waals surface area contributed by atoms with Crippen LogP contribution in [0.4, 0.5) is 0 Å². The predicted octanol–water partition coefficient (Wildman–Crippen LogP) is 1.27. The molecule has 0 bridgehead atoms. The smallest absolute Gasteiger partial charge is 0.135 e. The largest absolute Gasteiger partial charge is 0.393 e. The predicted molar refractivity (Wildman–Crippen MR) is 68.1 cm³/mol. The van der Waals surface area contributed by atoms with Crippen molar-refractivity contribution in [3.63, 3.8) is 0 Å². The molecule has 1 saturated heterocycles. The van der Waals surface area contributed by atoms with Gasteiger partial charge in [0.2, 0.25) is 0 Å². The minimum absolute atomic E-state index is 0.218. The second kappa shape index (κ2) is 4.98. The molecule has 1 N–H and O–H groups in total. The average molecular weight is 253 g/mol. The summed E-state index contributed by atoms with van der Waals surface area (Å²) >= 11 is 2.07. The molecule has 2 aliphatic rings. The Bertz CT molecular complexity index is 387. The number of hydrogen-bond acceptors (Lipinski definition) is 4. The normalized spacial score (nSPS) is 29.0. The van der Waals surface area contributed by atoms with Crippen LogP contribution in [-0.4, -0.2) is 37.5 Å². The molecule has 2 aliphatic heterocycles. The summed E-state index contributed by atoms with van der Waals surface area (Å²) in [7, 11) is 0. The van der Waals surface area contributed by atoms with Crippen LogP contribution in [0.2, 0.25) is 0 Å². The number of rotatable bonds is 2. The Hall–Kier alpha value is -0.550. The molecule has 2 unspecified atom stereocenters. The molecule has 5 heteroatoms. The fraction of sp³-hybridized carbons (Fsp3) is 0.833. The average Bonchev–Trinajstić information content (AvgIpc) is 2.73. The summed E-state index contributed by atoms with van der Waals surface area (Å²) in [6.45, 7) is 0.888. The van der Waals surface area contributed by atoms with Gasteiger partial charge in [0.15, 0.2) is 0 Å². The van der Waals surface area contributed by atoms with E-state index in [2.05, 4.69) is 26.5 Å². The van der Waals surface area contributed by atoms with E-state index in [4.69, 9.17) is 0 Å². The molecule has 94 valence electrons. The standard InChI is InChI=1S/C12H19N3OS/c16-10-3-4-15-11(13-14-12(15)7-10)6-9-2-1-5-17-8-9/h9-10,16H,1-8H2. The van der Waals surface area contributed by atoms with Gasteiger partial charge in [-0.1, -0.05) is 0 Å². The Morgan fingerprint density at radius 2 is 2.29 bits per heavy atom. The molecular formula is C12H19N3OS. The summed E-state index contributed by atoms with van der Waals surface area (Å²) in [5.41, 5.74) is 0. The van der Waals surface area contributed by atoms with E-state index in [9.17, 15) is 5.11 Å². The minimum atomic E-state index is -0.218. The molecule has 1 fully saturated rings. The van der Waals surface area contributed by atoms with E-state index in [1.54, 1.807) is 0 Å². The summed E-state index contributed by atoms with van der Waals surface area (Å²) in [4.78, 5) is 0. The monoisotopic (exact) mass is 253 g/mol. The van der Waals surface area contributed by atoms with Crippen molar-refractivity contribution in [1.29, 1.82) is 0 Å². The van der Waals surface area contributed by atoms with Gasteiger partial charge in [0.05, 0.1) is 6.10 Å². The van der Waals surface area contributed by atoms with Crippen molar-refractivity contribution in [2.45, 2.75) is 44.8 Å². The SMILES string of the molecule is OC1CCn2c(nnc2CC2CCCSC2)C1. The molecule has 0 aromatic carbocycles. The third-order valence-electron chi connectivity index (χ3n) is 3.73. The van der Waals surface area contributed by atoms with Crippen molar-refractivity contribution in [3.05, 3.63) is 11.6 Å². The highest BCUT2D eigenvalue weighted by atomic mass is 32.2. The van der Waals surface area contributed by atoms with Gasteiger partial charge < -0.3 is 9.67 Å². The number of hydrogen-bond donors (Lipinski definition) is 1. The van der Waals surface area contributed by atoms with E-state index in [0.29, 0.717) is 6.42 Å². The van der Waals surface area contributed by atoms with Crippen molar-refractivity contribution in [2.75, 3.05) is 11.5 Å². The van der Waals surface area contributed by atoms with E-state index in [1.807, 2.05) is 0 Å². The highest BCUT2D eigenvalue weighted by molar-refractivity contribution is 7.99. The topological polar surface area (TPSA) is 50.9 Å². The number of aliphatic hydroxyl groups is 1. The molecule has 0 amide bonds. The van der Waals surface area contributed by atoms with Crippen LogP contribution in [0.25, 0.3) is 0 Å². The zero-order chi connectivity index (χ0) is 11.7. The number of fused-ring (bicyclic) bond motifs is 1. The molecule has 0 spiro atoms. The Morgan fingerprint density at radius 1 is 1.35 bits per heavy atom. The van der Waals surface area contributed by atoms with E-state index in [0.717, 1.165) is 37.0 Å². The number of aromatic nitrogens is 3. The second-order valence-electron chi connectivity index (χ2n) is 5.12. The van der Waals surface area contributed by atoms with Crippen molar-refractivity contribution in [3.8, 4) is 0 Å². The number of aliphatic hydroxyl groups excluding tert-OH is 1.